The van der Waals surface area contributed by atoms with E-state index in [0.717, 1.165) is 38.4 Å². The lowest BCUT2D eigenvalue weighted by atomic mass is 9.91. The Morgan fingerprint density at radius 2 is 2.04 bits per heavy atom. The molecule has 0 saturated heterocycles. The first-order valence-electron chi connectivity index (χ1n) is 9.25. The van der Waals surface area contributed by atoms with Gasteiger partial charge in [0.15, 0.2) is 5.96 Å². The number of benzene rings is 1. The van der Waals surface area contributed by atoms with Gasteiger partial charge in [0.05, 0.1) is 6.04 Å². The molecular weight excluding hydrogens is 317 g/mol. The molecule has 1 saturated carbocycles. The Morgan fingerprint density at radius 3 is 2.68 bits per heavy atom. The van der Waals surface area contributed by atoms with Crippen molar-refractivity contribution in [3.63, 3.8) is 0 Å². The molecule has 0 amide bonds. The Kier molecular flexibility index (Phi) is 7.65. The average Bonchev–Trinajstić information content (AvgIpc) is 2.57. The normalized spacial score (nSPS) is 21.4. The summed E-state index contributed by atoms with van der Waals surface area (Å²) in [5, 5.41) is 3.32. The highest BCUT2D eigenvalue weighted by Gasteiger charge is 2.23. The lowest BCUT2D eigenvalue weighted by molar-refractivity contribution is 0.331. The molecule has 0 spiro atoms. The molecular formula is C19H32FN5. The van der Waals surface area contributed by atoms with Crippen LogP contribution < -0.4 is 11.1 Å². The fraction of sp³-hybridized carbons (Fsp3) is 0.632. The molecule has 5 nitrogen and oxygen atoms in total. The van der Waals surface area contributed by atoms with Gasteiger partial charge in [-0.05, 0) is 52.1 Å². The number of halogens is 1. The molecule has 1 aromatic rings. The van der Waals surface area contributed by atoms with Crippen LogP contribution >= 0.6 is 0 Å². The van der Waals surface area contributed by atoms with Gasteiger partial charge >= 0.3 is 0 Å². The minimum atomic E-state index is -0.255. The highest BCUT2D eigenvalue weighted by Crippen LogP contribution is 2.21. The van der Waals surface area contributed by atoms with E-state index in [4.69, 9.17) is 10.7 Å². The van der Waals surface area contributed by atoms with Gasteiger partial charge in [-0.1, -0.05) is 18.9 Å². The van der Waals surface area contributed by atoms with Gasteiger partial charge in [-0.25, -0.2) is 9.38 Å². The summed E-state index contributed by atoms with van der Waals surface area (Å²) in [6, 6.07) is 6.74. The van der Waals surface area contributed by atoms with Gasteiger partial charge in [0.2, 0.25) is 0 Å². The van der Waals surface area contributed by atoms with Crippen molar-refractivity contribution in [3.8, 4) is 0 Å². The summed E-state index contributed by atoms with van der Waals surface area (Å²) in [5.41, 5.74) is 7.00. The van der Waals surface area contributed by atoms with Crippen LogP contribution in [0.5, 0.6) is 0 Å². The van der Waals surface area contributed by atoms with Crippen LogP contribution in [-0.4, -0.2) is 61.6 Å². The molecule has 1 aliphatic carbocycles. The maximum atomic E-state index is 13.6. The van der Waals surface area contributed by atoms with Crippen molar-refractivity contribution in [2.24, 2.45) is 10.7 Å². The molecule has 1 aromatic carbocycles. The number of aliphatic imine (C=N–C) groups is 1. The molecule has 0 radical (unpaired) electrons. The van der Waals surface area contributed by atoms with Crippen LogP contribution in [0, 0.1) is 5.82 Å². The minimum absolute atomic E-state index is 0.102. The van der Waals surface area contributed by atoms with Gasteiger partial charge < -0.3 is 20.9 Å². The third kappa shape index (κ3) is 6.29. The number of nitrogens with two attached hydrogens (primary N) is 1. The molecule has 1 aliphatic rings. The van der Waals surface area contributed by atoms with E-state index in [1.54, 1.807) is 6.07 Å². The molecule has 2 rings (SSSR count). The number of likely N-dealkylation sites (N-methyl/N-ethyl adjacent to an activating group) is 2. The smallest absolute Gasteiger partial charge is 0.198 e. The van der Waals surface area contributed by atoms with Crippen molar-refractivity contribution in [3.05, 3.63) is 30.1 Å². The molecule has 6 heteroatoms. The maximum absolute atomic E-state index is 13.6. The highest BCUT2D eigenvalue weighted by atomic mass is 19.1. The molecule has 1 fully saturated rings. The standard InChI is InChI=1S/C19H32FN5/c1-4-25(13-12-24(2)3)19(22-16-9-7-8-15(20)14-16)23-18-11-6-5-10-17(18)21/h7-9,14,17-18H,4-6,10-13,21H2,1-3H3,(H,22,23)/t17-,18-/m0/s1. The Morgan fingerprint density at radius 1 is 1.28 bits per heavy atom. The summed E-state index contributed by atoms with van der Waals surface area (Å²) >= 11 is 0. The summed E-state index contributed by atoms with van der Waals surface area (Å²) in [6.07, 6.45) is 4.38. The predicted molar refractivity (Wildman–Crippen MR) is 103 cm³/mol. The van der Waals surface area contributed by atoms with E-state index in [1.165, 1.54) is 25.0 Å². The maximum Gasteiger partial charge on any atom is 0.198 e. The van der Waals surface area contributed by atoms with Crippen molar-refractivity contribution >= 4 is 11.6 Å². The summed E-state index contributed by atoms with van der Waals surface area (Å²) < 4.78 is 13.6. The number of nitrogens with zero attached hydrogens (tertiary/aromatic N) is 3. The molecule has 3 N–H and O–H groups in total. The molecule has 2 atom stereocenters. The van der Waals surface area contributed by atoms with Gasteiger partial charge in [-0.15, -0.1) is 0 Å². The second-order valence-electron chi connectivity index (χ2n) is 6.99. The van der Waals surface area contributed by atoms with Gasteiger partial charge in [0.25, 0.3) is 0 Å². The molecule has 0 aliphatic heterocycles. The lowest BCUT2D eigenvalue weighted by Crippen LogP contribution is -2.44. The predicted octanol–water partition coefficient (Wildman–Crippen LogP) is 2.75. The number of hydrogen-bond donors (Lipinski definition) is 2. The second kappa shape index (κ2) is 9.73. The first-order chi connectivity index (χ1) is 12.0. The van der Waals surface area contributed by atoms with Gasteiger partial charge in [-0.2, -0.15) is 0 Å². The van der Waals surface area contributed by atoms with E-state index in [-0.39, 0.29) is 17.9 Å². The Labute approximate surface area is 151 Å². The van der Waals surface area contributed by atoms with E-state index in [1.807, 2.05) is 6.07 Å². The fourth-order valence-corrected chi connectivity index (χ4v) is 3.08. The zero-order chi connectivity index (χ0) is 18.2. The lowest BCUT2D eigenvalue weighted by Gasteiger charge is -2.31. The molecule has 0 aromatic heterocycles. The zero-order valence-electron chi connectivity index (χ0n) is 15.7. The van der Waals surface area contributed by atoms with E-state index in [2.05, 4.69) is 36.1 Å². The van der Waals surface area contributed by atoms with Gasteiger partial charge in [0, 0.05) is 31.4 Å². The van der Waals surface area contributed by atoms with Crippen LogP contribution in [0.2, 0.25) is 0 Å². The van der Waals surface area contributed by atoms with Crippen LogP contribution in [0.25, 0.3) is 0 Å². The third-order valence-electron chi connectivity index (χ3n) is 4.65. The molecule has 0 heterocycles. The summed E-state index contributed by atoms with van der Waals surface area (Å²) in [6.45, 7) is 4.72. The van der Waals surface area contributed by atoms with Crippen LogP contribution in [0.3, 0.4) is 0 Å². The molecule has 140 valence electrons. The number of hydrogen-bond acceptors (Lipinski definition) is 3. The topological polar surface area (TPSA) is 56.9 Å². The fourth-order valence-electron chi connectivity index (χ4n) is 3.08. The summed E-state index contributed by atoms with van der Waals surface area (Å²) in [7, 11) is 4.11. The van der Waals surface area contributed by atoms with Gasteiger partial charge in [0.1, 0.15) is 5.82 Å². The van der Waals surface area contributed by atoms with Crippen LogP contribution in [0.4, 0.5) is 10.1 Å². The average molecular weight is 349 g/mol. The Hall–Kier alpha value is -1.66. The second-order valence-corrected chi connectivity index (χ2v) is 6.99. The molecule has 0 bridgehead atoms. The Balaban J connectivity index is 2.22. The number of rotatable bonds is 6. The third-order valence-corrected chi connectivity index (χ3v) is 4.65. The molecule has 0 unspecified atom stereocenters. The first-order valence-corrected chi connectivity index (χ1v) is 9.25. The van der Waals surface area contributed by atoms with Crippen molar-refractivity contribution < 1.29 is 4.39 Å². The SMILES string of the molecule is CCN(CCN(C)C)C(=N[C@H]1CCCC[C@@H]1N)Nc1cccc(F)c1. The summed E-state index contributed by atoms with van der Waals surface area (Å²) in [4.78, 5) is 9.30. The van der Waals surface area contributed by atoms with Gasteiger partial charge in [-0.3, -0.25) is 0 Å². The van der Waals surface area contributed by atoms with Crippen molar-refractivity contribution in [2.45, 2.75) is 44.7 Å². The van der Waals surface area contributed by atoms with Crippen LogP contribution in [-0.2, 0) is 0 Å². The van der Waals surface area contributed by atoms with Crippen LogP contribution in [0.1, 0.15) is 32.6 Å². The van der Waals surface area contributed by atoms with E-state index < -0.39 is 0 Å². The highest BCUT2D eigenvalue weighted by molar-refractivity contribution is 5.93. The van der Waals surface area contributed by atoms with Crippen LogP contribution in [0.15, 0.2) is 29.3 Å². The minimum Gasteiger partial charge on any atom is -0.342 e. The zero-order valence-corrected chi connectivity index (χ0v) is 15.7. The van der Waals surface area contributed by atoms with Crippen molar-refractivity contribution in [2.75, 3.05) is 39.0 Å². The van der Waals surface area contributed by atoms with Crippen molar-refractivity contribution in [1.82, 2.24) is 9.80 Å². The Bertz CT molecular complexity index is 561. The molecule has 25 heavy (non-hydrogen) atoms. The van der Waals surface area contributed by atoms with Crippen molar-refractivity contribution in [1.29, 1.82) is 0 Å². The number of anilines is 1. The van der Waals surface area contributed by atoms with E-state index in [0.29, 0.717) is 5.69 Å². The monoisotopic (exact) mass is 349 g/mol. The van der Waals surface area contributed by atoms with E-state index >= 15 is 0 Å². The van der Waals surface area contributed by atoms with E-state index in [9.17, 15) is 4.39 Å². The number of guanidine groups is 1. The number of nitrogens with one attached hydrogen (secondary N) is 1. The summed E-state index contributed by atoms with van der Waals surface area (Å²) in [5.74, 6) is 0.535. The largest absolute Gasteiger partial charge is 0.342 e. The first kappa shape index (κ1) is 19.7. The quantitative estimate of drug-likeness (QED) is 0.612.